The molecule has 1 aliphatic heterocycles. The molecule has 0 bridgehead atoms. The second-order valence-corrected chi connectivity index (χ2v) is 10.1. The Morgan fingerprint density at radius 3 is 2.62 bits per heavy atom. The SMILES string of the molecule is COc1cnc(-n2cnc(C)n2)c2[nH]cc(C(=O)C(=O)N3CCN(c4ncccc4C(O)c4nccs4)CC3)c12. The van der Waals surface area contributed by atoms with Gasteiger partial charge in [0.15, 0.2) is 5.82 Å². The number of H-pyrrole nitrogens is 1. The van der Waals surface area contributed by atoms with Crippen LogP contribution in [-0.2, 0) is 4.79 Å². The van der Waals surface area contributed by atoms with E-state index in [-0.39, 0.29) is 5.56 Å². The summed E-state index contributed by atoms with van der Waals surface area (Å²) in [5.41, 5.74) is 1.34. The van der Waals surface area contributed by atoms with Crippen LogP contribution >= 0.6 is 11.3 Å². The van der Waals surface area contributed by atoms with Gasteiger partial charge in [0, 0.05) is 55.7 Å². The zero-order chi connectivity index (χ0) is 27.8. The van der Waals surface area contributed by atoms with Gasteiger partial charge in [-0.2, -0.15) is 5.10 Å². The number of carbonyl (C=O) groups excluding carboxylic acids is 2. The molecule has 0 aromatic carbocycles. The van der Waals surface area contributed by atoms with Crippen molar-refractivity contribution in [1.29, 1.82) is 0 Å². The van der Waals surface area contributed by atoms with Crippen LogP contribution in [0.1, 0.15) is 32.9 Å². The fourth-order valence-electron chi connectivity index (χ4n) is 4.83. The van der Waals surface area contributed by atoms with Crippen molar-refractivity contribution < 1.29 is 19.4 Å². The molecule has 13 nitrogen and oxygen atoms in total. The topological polar surface area (TPSA) is 155 Å². The summed E-state index contributed by atoms with van der Waals surface area (Å²) in [6.07, 6.45) is 6.94. The van der Waals surface area contributed by atoms with Crippen LogP contribution in [0.25, 0.3) is 16.7 Å². The predicted molar refractivity (Wildman–Crippen MR) is 146 cm³/mol. The van der Waals surface area contributed by atoms with Crippen LogP contribution in [0.15, 0.2) is 48.6 Å². The number of aromatic nitrogens is 7. The summed E-state index contributed by atoms with van der Waals surface area (Å²) in [4.78, 5) is 50.7. The third-order valence-electron chi connectivity index (χ3n) is 6.80. The number of methoxy groups -OCH3 is 1. The number of hydrogen-bond acceptors (Lipinski definition) is 11. The van der Waals surface area contributed by atoms with Gasteiger partial charge in [-0.25, -0.2) is 24.6 Å². The number of hydrogen-bond donors (Lipinski definition) is 2. The summed E-state index contributed by atoms with van der Waals surface area (Å²) in [6, 6.07) is 3.60. The molecule has 1 aliphatic rings. The number of ether oxygens (including phenoxy) is 1. The summed E-state index contributed by atoms with van der Waals surface area (Å²) < 4.78 is 6.98. The number of aryl methyl sites for hydroxylation is 1. The molecule has 5 aromatic heterocycles. The van der Waals surface area contributed by atoms with Crippen molar-refractivity contribution in [2.75, 3.05) is 38.2 Å². The fraction of sp³-hybridized carbons (Fsp3) is 0.269. The van der Waals surface area contributed by atoms with Crippen LogP contribution in [0.4, 0.5) is 5.82 Å². The van der Waals surface area contributed by atoms with Crippen LogP contribution < -0.4 is 9.64 Å². The van der Waals surface area contributed by atoms with Gasteiger partial charge in [-0.3, -0.25) is 9.59 Å². The summed E-state index contributed by atoms with van der Waals surface area (Å²) in [5.74, 6) is 0.734. The van der Waals surface area contributed by atoms with Crippen molar-refractivity contribution in [2.45, 2.75) is 13.0 Å². The smallest absolute Gasteiger partial charge is 0.295 e. The number of anilines is 1. The Morgan fingerprint density at radius 2 is 1.93 bits per heavy atom. The number of Topliss-reactive ketones (excluding diaryl/α,β-unsaturated/α-hetero) is 1. The second-order valence-electron chi connectivity index (χ2n) is 9.14. The predicted octanol–water partition coefficient (Wildman–Crippen LogP) is 1.93. The second kappa shape index (κ2) is 10.5. The molecule has 1 saturated heterocycles. The highest BCUT2D eigenvalue weighted by molar-refractivity contribution is 7.09. The van der Waals surface area contributed by atoms with Gasteiger partial charge in [-0.15, -0.1) is 11.3 Å². The minimum atomic E-state index is -0.900. The number of aliphatic hydroxyl groups is 1. The molecular weight excluding hydrogens is 534 g/mol. The maximum absolute atomic E-state index is 13.5. The molecule has 6 heterocycles. The van der Waals surface area contributed by atoms with Crippen molar-refractivity contribution in [3.05, 3.63) is 70.6 Å². The van der Waals surface area contributed by atoms with E-state index < -0.39 is 17.8 Å². The molecule has 0 radical (unpaired) electrons. The number of ketones is 1. The van der Waals surface area contributed by atoms with Crippen LogP contribution in [0, 0.1) is 6.92 Å². The largest absolute Gasteiger partial charge is 0.494 e. The number of piperazine rings is 1. The van der Waals surface area contributed by atoms with E-state index in [4.69, 9.17) is 4.74 Å². The quantitative estimate of drug-likeness (QED) is 0.223. The van der Waals surface area contributed by atoms with Crippen molar-refractivity contribution in [1.82, 2.24) is 39.6 Å². The van der Waals surface area contributed by atoms with Crippen LogP contribution in [0.5, 0.6) is 5.75 Å². The Balaban J connectivity index is 1.22. The minimum Gasteiger partial charge on any atom is -0.494 e. The molecule has 1 amide bonds. The van der Waals surface area contributed by atoms with E-state index >= 15 is 0 Å². The summed E-state index contributed by atoms with van der Waals surface area (Å²) >= 11 is 1.37. The molecular formula is C26H25N9O4S. The fourth-order valence-corrected chi connectivity index (χ4v) is 5.47. The zero-order valence-electron chi connectivity index (χ0n) is 21.7. The lowest BCUT2D eigenvalue weighted by atomic mass is 10.1. The Kier molecular flexibility index (Phi) is 6.69. The van der Waals surface area contributed by atoms with E-state index in [2.05, 4.69) is 30.0 Å². The van der Waals surface area contributed by atoms with Crippen LogP contribution in [0.3, 0.4) is 0 Å². The van der Waals surface area contributed by atoms with Gasteiger partial charge in [-0.05, 0) is 13.0 Å². The molecule has 1 atom stereocenters. The number of pyridine rings is 2. The molecule has 0 spiro atoms. The van der Waals surface area contributed by atoms with Gasteiger partial charge in [0.2, 0.25) is 0 Å². The van der Waals surface area contributed by atoms with Gasteiger partial charge in [0.25, 0.3) is 11.7 Å². The van der Waals surface area contributed by atoms with Crippen molar-refractivity contribution >= 4 is 39.7 Å². The number of amides is 1. The highest BCUT2D eigenvalue weighted by atomic mass is 32.1. The van der Waals surface area contributed by atoms with Gasteiger partial charge < -0.3 is 24.6 Å². The number of nitrogens with zero attached hydrogens (tertiary/aromatic N) is 8. The van der Waals surface area contributed by atoms with Crippen molar-refractivity contribution in [3.8, 4) is 11.6 Å². The highest BCUT2D eigenvalue weighted by Gasteiger charge is 2.31. The lowest BCUT2D eigenvalue weighted by molar-refractivity contribution is -0.126. The van der Waals surface area contributed by atoms with E-state index in [1.165, 1.54) is 46.7 Å². The molecule has 1 unspecified atom stereocenters. The number of rotatable bonds is 7. The van der Waals surface area contributed by atoms with Crippen molar-refractivity contribution in [2.24, 2.45) is 0 Å². The lowest BCUT2D eigenvalue weighted by Crippen LogP contribution is -2.51. The van der Waals surface area contributed by atoms with Crippen LogP contribution in [0.2, 0.25) is 0 Å². The Hall–Kier alpha value is -4.69. The normalized spacial score (nSPS) is 14.5. The molecule has 14 heteroatoms. The number of aromatic amines is 1. The monoisotopic (exact) mass is 559 g/mol. The van der Waals surface area contributed by atoms with Gasteiger partial charge in [-0.1, -0.05) is 6.07 Å². The first-order valence-electron chi connectivity index (χ1n) is 12.5. The summed E-state index contributed by atoms with van der Waals surface area (Å²) in [5, 5.41) is 18.0. The first-order valence-corrected chi connectivity index (χ1v) is 13.4. The molecule has 0 aliphatic carbocycles. The molecule has 2 N–H and O–H groups in total. The van der Waals surface area contributed by atoms with E-state index in [9.17, 15) is 14.7 Å². The molecule has 0 saturated carbocycles. The average molecular weight is 560 g/mol. The standard InChI is InChI=1S/C26H25N9O4S/c1-15-31-14-35(32-15)24-20-19(18(39-2)13-30-24)17(12-29-20)22(37)26(38)34-9-7-33(8-10-34)23-16(4-3-5-27-23)21(36)25-28-6-11-40-25/h3-6,11-14,21,29,36H,7-10H2,1-2H3. The maximum atomic E-state index is 13.5. The van der Waals surface area contributed by atoms with E-state index in [1.807, 2.05) is 16.3 Å². The lowest BCUT2D eigenvalue weighted by Gasteiger charge is -2.36. The number of aliphatic hydroxyl groups excluding tert-OH is 1. The molecule has 204 valence electrons. The molecule has 40 heavy (non-hydrogen) atoms. The molecule has 6 rings (SSSR count). The van der Waals surface area contributed by atoms with Gasteiger partial charge >= 0.3 is 0 Å². The van der Waals surface area contributed by atoms with Crippen molar-refractivity contribution in [3.63, 3.8) is 0 Å². The number of thiazole rings is 1. The zero-order valence-corrected chi connectivity index (χ0v) is 22.5. The van der Waals surface area contributed by atoms with Gasteiger partial charge in [0.1, 0.15) is 34.8 Å². The molecule has 5 aromatic rings. The van der Waals surface area contributed by atoms with Crippen LogP contribution in [-0.4, -0.2) is 89.7 Å². The van der Waals surface area contributed by atoms with E-state index in [1.54, 1.807) is 25.4 Å². The third-order valence-corrected chi connectivity index (χ3v) is 7.63. The maximum Gasteiger partial charge on any atom is 0.295 e. The number of fused-ring (bicyclic) bond motifs is 1. The summed E-state index contributed by atoms with van der Waals surface area (Å²) in [7, 11) is 1.48. The number of nitrogens with one attached hydrogen (secondary N) is 1. The Labute approximate surface area is 232 Å². The first-order chi connectivity index (χ1) is 19.5. The minimum absolute atomic E-state index is 0.193. The van der Waals surface area contributed by atoms with Gasteiger partial charge in [0.05, 0.1) is 29.8 Å². The summed E-state index contributed by atoms with van der Waals surface area (Å²) in [6.45, 7) is 3.29. The average Bonchev–Trinajstić information content (AvgIpc) is 3.77. The highest BCUT2D eigenvalue weighted by Crippen LogP contribution is 2.33. The van der Waals surface area contributed by atoms with E-state index in [0.717, 1.165) is 0 Å². The number of carbonyl (C=O) groups is 2. The Morgan fingerprint density at radius 1 is 1.10 bits per heavy atom. The Bertz CT molecular complexity index is 1690. The third kappa shape index (κ3) is 4.46. The first kappa shape index (κ1) is 25.6. The van der Waals surface area contributed by atoms with E-state index in [0.29, 0.717) is 70.9 Å². The molecule has 1 fully saturated rings.